The molecule has 1 aromatic carbocycles. The molecule has 0 bridgehead atoms. The largest absolute Gasteiger partial charge is 0.485 e. The summed E-state index contributed by atoms with van der Waals surface area (Å²) in [5.74, 6) is 0.549. The highest BCUT2D eigenvalue weighted by Gasteiger charge is 2.45. The molecule has 0 saturated heterocycles. The third-order valence-corrected chi connectivity index (χ3v) is 4.59. The Morgan fingerprint density at radius 3 is 2.24 bits per heavy atom. The van der Waals surface area contributed by atoms with Crippen LogP contribution in [0.15, 0.2) is 18.2 Å². The molecule has 1 aliphatic carbocycles. The average Bonchev–Trinajstić information content (AvgIpc) is 2.46. The summed E-state index contributed by atoms with van der Waals surface area (Å²) in [7, 11) is 0. The molecule has 2 rings (SSSR count). The number of rotatable bonds is 2. The zero-order valence-corrected chi connectivity index (χ0v) is 13.1. The Kier molecular flexibility index (Phi) is 4.24. The summed E-state index contributed by atoms with van der Waals surface area (Å²) in [6, 6.07) is 9.45. The fraction of sp³-hybridized carbons (Fsp3) is 0.556. The van der Waals surface area contributed by atoms with Crippen LogP contribution in [0, 0.1) is 28.1 Å². The van der Waals surface area contributed by atoms with Crippen LogP contribution >= 0.6 is 0 Å². The van der Waals surface area contributed by atoms with E-state index >= 15 is 0 Å². The quantitative estimate of drug-likeness (QED) is 0.799. The molecule has 0 amide bonds. The highest BCUT2D eigenvalue weighted by Crippen LogP contribution is 2.45. The van der Waals surface area contributed by atoms with Crippen LogP contribution < -0.4 is 4.74 Å². The van der Waals surface area contributed by atoms with Gasteiger partial charge in [-0.2, -0.15) is 10.5 Å². The van der Waals surface area contributed by atoms with E-state index in [0.717, 1.165) is 25.7 Å². The van der Waals surface area contributed by atoms with E-state index in [9.17, 15) is 5.26 Å². The molecule has 0 spiro atoms. The van der Waals surface area contributed by atoms with Crippen LogP contribution in [-0.2, 0) is 0 Å². The van der Waals surface area contributed by atoms with Gasteiger partial charge in [-0.3, -0.25) is 0 Å². The van der Waals surface area contributed by atoms with E-state index < -0.39 is 0 Å². The molecule has 1 saturated carbocycles. The lowest BCUT2D eigenvalue weighted by Crippen LogP contribution is -2.49. The monoisotopic (exact) mass is 282 g/mol. The van der Waals surface area contributed by atoms with Crippen molar-refractivity contribution in [3.63, 3.8) is 0 Å². The lowest BCUT2D eigenvalue weighted by Gasteiger charge is -2.47. The lowest BCUT2D eigenvalue weighted by molar-refractivity contribution is -0.0616. The van der Waals surface area contributed by atoms with Crippen LogP contribution in [0.4, 0.5) is 0 Å². The maximum atomic E-state index is 9.37. The highest BCUT2D eigenvalue weighted by molar-refractivity contribution is 5.54. The molecule has 0 aliphatic heterocycles. The Hall–Kier alpha value is -2.00. The van der Waals surface area contributed by atoms with Gasteiger partial charge < -0.3 is 4.74 Å². The van der Waals surface area contributed by atoms with Gasteiger partial charge in [0, 0.05) is 5.41 Å². The summed E-state index contributed by atoms with van der Waals surface area (Å²) in [5.41, 5.74) is 0.470. The van der Waals surface area contributed by atoms with Crippen molar-refractivity contribution in [2.24, 2.45) is 5.41 Å². The predicted octanol–water partition coefficient (Wildman–Crippen LogP) is 4.56. The molecule has 0 unspecified atom stereocenters. The zero-order valence-electron chi connectivity index (χ0n) is 13.1. The Morgan fingerprint density at radius 2 is 1.71 bits per heavy atom. The second-order valence-corrected chi connectivity index (χ2v) is 6.81. The van der Waals surface area contributed by atoms with Crippen molar-refractivity contribution >= 4 is 0 Å². The molecule has 0 aromatic heterocycles. The topological polar surface area (TPSA) is 56.8 Å². The molecule has 0 atom stereocenters. The molecule has 1 fully saturated rings. The van der Waals surface area contributed by atoms with Crippen molar-refractivity contribution in [1.82, 2.24) is 0 Å². The van der Waals surface area contributed by atoms with Gasteiger partial charge in [-0.05, 0) is 37.8 Å². The minimum absolute atomic E-state index is 0.0111. The van der Waals surface area contributed by atoms with E-state index in [2.05, 4.69) is 32.9 Å². The summed E-state index contributed by atoms with van der Waals surface area (Å²) in [6.45, 7) is 6.58. The number of ether oxygens (including phenoxy) is 1. The number of nitriles is 2. The van der Waals surface area contributed by atoms with Crippen LogP contribution in [-0.4, -0.2) is 5.60 Å². The highest BCUT2D eigenvalue weighted by atomic mass is 16.5. The Morgan fingerprint density at radius 1 is 1.05 bits per heavy atom. The summed E-state index contributed by atoms with van der Waals surface area (Å²) in [4.78, 5) is 0. The standard InChI is InChI=1S/C18H22N2O/c1-17(2,3)18(10-5-4-6-11-18)21-16-9-7-8-14(12-19)15(16)13-20/h7-9H,4-6,10-11H2,1-3H3. The molecule has 1 aromatic rings. The van der Waals surface area contributed by atoms with Gasteiger partial charge in [0.15, 0.2) is 0 Å². The van der Waals surface area contributed by atoms with Gasteiger partial charge in [-0.25, -0.2) is 0 Å². The van der Waals surface area contributed by atoms with E-state index in [0.29, 0.717) is 16.9 Å². The summed E-state index contributed by atoms with van der Waals surface area (Å²) >= 11 is 0. The Bertz CT molecular complexity index is 593. The molecule has 110 valence electrons. The number of benzene rings is 1. The number of nitrogens with zero attached hydrogens (tertiary/aromatic N) is 2. The number of hydrogen-bond donors (Lipinski definition) is 0. The van der Waals surface area contributed by atoms with Crippen LogP contribution in [0.5, 0.6) is 5.75 Å². The summed E-state index contributed by atoms with van der Waals surface area (Å²) in [6.07, 6.45) is 5.54. The van der Waals surface area contributed by atoms with E-state index in [1.54, 1.807) is 12.1 Å². The van der Waals surface area contributed by atoms with Crippen LogP contribution in [0.1, 0.15) is 64.0 Å². The van der Waals surface area contributed by atoms with Crippen molar-refractivity contribution in [2.45, 2.75) is 58.5 Å². The minimum Gasteiger partial charge on any atom is -0.485 e. The van der Waals surface area contributed by atoms with Gasteiger partial charge in [0.05, 0.1) is 5.56 Å². The van der Waals surface area contributed by atoms with Crippen molar-refractivity contribution in [2.75, 3.05) is 0 Å². The van der Waals surface area contributed by atoms with Crippen molar-refractivity contribution < 1.29 is 4.74 Å². The summed E-state index contributed by atoms with van der Waals surface area (Å²) < 4.78 is 6.40. The second-order valence-electron chi connectivity index (χ2n) is 6.81. The van der Waals surface area contributed by atoms with Crippen molar-refractivity contribution in [1.29, 1.82) is 10.5 Å². The number of hydrogen-bond acceptors (Lipinski definition) is 3. The van der Waals surface area contributed by atoms with Crippen molar-refractivity contribution in [3.05, 3.63) is 29.3 Å². The first-order chi connectivity index (χ1) is 9.93. The second kappa shape index (κ2) is 5.78. The van der Waals surface area contributed by atoms with E-state index in [1.165, 1.54) is 6.42 Å². The molecule has 0 N–H and O–H groups in total. The van der Waals surface area contributed by atoms with Crippen LogP contribution in [0.3, 0.4) is 0 Å². The molecule has 3 heteroatoms. The molecular formula is C18H22N2O. The lowest BCUT2D eigenvalue weighted by atomic mass is 9.68. The first-order valence-electron chi connectivity index (χ1n) is 7.56. The fourth-order valence-corrected chi connectivity index (χ4v) is 3.16. The normalized spacial score (nSPS) is 17.6. The van der Waals surface area contributed by atoms with Crippen molar-refractivity contribution in [3.8, 4) is 17.9 Å². The SMILES string of the molecule is CC(C)(C)C1(Oc2cccc(C#N)c2C#N)CCCCC1. The maximum absolute atomic E-state index is 9.37. The maximum Gasteiger partial charge on any atom is 0.139 e. The molecule has 0 radical (unpaired) electrons. The van der Waals surface area contributed by atoms with Crippen LogP contribution in [0.25, 0.3) is 0 Å². The zero-order chi connectivity index (χ0) is 15.5. The fourth-order valence-electron chi connectivity index (χ4n) is 3.16. The van der Waals surface area contributed by atoms with Gasteiger partial charge in [0.25, 0.3) is 0 Å². The van der Waals surface area contributed by atoms with E-state index in [4.69, 9.17) is 10.00 Å². The smallest absolute Gasteiger partial charge is 0.139 e. The van der Waals surface area contributed by atoms with Gasteiger partial charge >= 0.3 is 0 Å². The third-order valence-electron chi connectivity index (χ3n) is 4.59. The molecule has 1 aliphatic rings. The Labute approximate surface area is 127 Å². The van der Waals surface area contributed by atoms with Gasteiger partial charge in [0.1, 0.15) is 29.1 Å². The third kappa shape index (κ3) is 2.88. The van der Waals surface area contributed by atoms with E-state index in [-0.39, 0.29) is 11.0 Å². The van der Waals surface area contributed by atoms with Gasteiger partial charge in [-0.15, -0.1) is 0 Å². The molecule has 3 nitrogen and oxygen atoms in total. The van der Waals surface area contributed by atoms with Gasteiger partial charge in [-0.1, -0.05) is 33.3 Å². The minimum atomic E-state index is -0.259. The molecule has 0 heterocycles. The van der Waals surface area contributed by atoms with E-state index in [1.807, 2.05) is 6.07 Å². The Balaban J connectivity index is 2.44. The first-order valence-corrected chi connectivity index (χ1v) is 7.56. The molecular weight excluding hydrogens is 260 g/mol. The predicted molar refractivity (Wildman–Crippen MR) is 81.8 cm³/mol. The van der Waals surface area contributed by atoms with Crippen LogP contribution in [0.2, 0.25) is 0 Å². The first kappa shape index (κ1) is 15.4. The summed E-state index contributed by atoms with van der Waals surface area (Å²) in [5, 5.41) is 18.5. The van der Waals surface area contributed by atoms with Gasteiger partial charge in [0.2, 0.25) is 0 Å². The molecule has 21 heavy (non-hydrogen) atoms. The average molecular weight is 282 g/mol.